The van der Waals surface area contributed by atoms with Crippen LogP contribution >= 0.6 is 0 Å². The first kappa shape index (κ1) is 69.8. The molecule has 3 aromatic heterocycles. The average molecular weight is 1400 g/mol. The van der Waals surface area contributed by atoms with Gasteiger partial charge in [-0.05, 0) is 175 Å². The molecule has 18 rings (SSSR count). The monoisotopic (exact) mass is 1400 g/mol. The van der Waals surface area contributed by atoms with E-state index in [-0.39, 0.29) is 106 Å². The van der Waals surface area contributed by atoms with Crippen LogP contribution in [0.4, 0.5) is 0 Å². The zero-order valence-electron chi connectivity index (χ0n) is 61.4. The Balaban J connectivity index is 0.000000120. The van der Waals surface area contributed by atoms with E-state index in [4.69, 9.17) is 28.4 Å². The van der Waals surface area contributed by atoms with Gasteiger partial charge in [0.25, 0.3) is 0 Å². The van der Waals surface area contributed by atoms with Crippen molar-refractivity contribution in [2.75, 3.05) is 55.1 Å². The average Bonchev–Trinajstić information content (AvgIpc) is 1.58. The molecule has 4 fully saturated rings. The number of hydrogen-bond acceptors (Lipinski definition) is 15. The van der Waals surface area contributed by atoms with E-state index in [1.165, 1.54) is 50.7 Å². The van der Waals surface area contributed by atoms with E-state index in [9.17, 15) is 19.2 Å². The van der Waals surface area contributed by atoms with Gasteiger partial charge >= 0.3 is 0 Å². The summed E-state index contributed by atoms with van der Waals surface area (Å²) in [6.07, 6.45) is 35.7. The second-order valence-electron chi connectivity index (χ2n) is 32.3. The van der Waals surface area contributed by atoms with Gasteiger partial charge in [-0.1, -0.05) is 93.6 Å². The number of carbonyl (C=O) groups excluding carboxylic acids is 4. The molecule has 3 aliphatic heterocycles. The molecule has 18 atom stereocenters. The van der Waals surface area contributed by atoms with Crippen molar-refractivity contribution in [3.63, 3.8) is 0 Å². The number of amides is 1. The van der Waals surface area contributed by atoms with Crippen LogP contribution in [0.15, 0.2) is 203 Å². The van der Waals surface area contributed by atoms with Gasteiger partial charge in [0.15, 0.2) is 17.3 Å². The Labute approximate surface area is 610 Å². The molecule has 16 nitrogen and oxygen atoms in total. The Hall–Kier alpha value is -8.51. The van der Waals surface area contributed by atoms with Gasteiger partial charge < -0.3 is 44.4 Å². The first-order valence-corrected chi connectivity index (χ1v) is 37.9. The third kappa shape index (κ3) is 12.2. The standard InChI is InChI=1S/C30H32N2O4.C29H34N2O3.C29H32N2O3/c1-17(33)32-15-18-10-25(34)23-13-21-6-8-30(2)24(29(21)36-26(23)11-18)14-27(35-3)28(30)20-5-4-19-7-9-31-16-22(19)12-20;2*1-29-9-7-18-13-22-24(32)11-17(15-30-2)12-25(22)34-28(18)23(29)14-26(33-3)27(29)21-6-4-5-19-16-31-10-8-20(19)21/h4-9,12-13,16,18,24,27-29H,10-11,14-15H2,1-3H3,(H,32,33);4-6,8,10,13,16-17,23,26-28,30H,7,9,11-12,14-15H2,1-3H3;4-10,13,16-17,23,26-28,30H,11-12,14-15H2,1-3H3/t18?,24-,27+,28-,29+,30-;2*17?,23-,26+,27-,28+,29-/m000/s1. The number of carbonyl (C=O) groups is 4. The van der Waals surface area contributed by atoms with Gasteiger partial charge in [0.2, 0.25) is 5.91 Å². The van der Waals surface area contributed by atoms with Crippen LogP contribution in [0.5, 0.6) is 0 Å². The third-order valence-corrected chi connectivity index (χ3v) is 26.5. The van der Waals surface area contributed by atoms with Crippen molar-refractivity contribution in [2.24, 2.45) is 51.8 Å². The maximum Gasteiger partial charge on any atom is 0.216 e. The van der Waals surface area contributed by atoms with Crippen molar-refractivity contribution in [3.8, 4) is 0 Å². The summed E-state index contributed by atoms with van der Waals surface area (Å²) in [5.74, 6) is 5.24. The fourth-order valence-corrected chi connectivity index (χ4v) is 21.4. The Morgan fingerprint density at radius 2 is 0.990 bits per heavy atom. The van der Waals surface area contributed by atoms with Gasteiger partial charge in [-0.15, -0.1) is 0 Å². The molecular weight excluding hydrogens is 1300 g/mol. The molecule has 6 aromatic rings. The second-order valence-corrected chi connectivity index (χ2v) is 32.3. The molecule has 9 aliphatic carbocycles. The van der Waals surface area contributed by atoms with Gasteiger partial charge in [-0.2, -0.15) is 0 Å². The van der Waals surface area contributed by atoms with E-state index >= 15 is 0 Å². The molecule has 3 aromatic carbocycles. The second kappa shape index (κ2) is 28.1. The third-order valence-electron chi connectivity index (χ3n) is 26.5. The molecule has 0 radical (unpaired) electrons. The van der Waals surface area contributed by atoms with Gasteiger partial charge in [0, 0.05) is 173 Å². The molecule has 0 saturated heterocycles. The number of benzene rings is 3. The quantitative estimate of drug-likeness (QED) is 0.104. The topological polar surface area (TPSA) is 198 Å². The molecule has 540 valence electrons. The van der Waals surface area contributed by atoms with Gasteiger partial charge in [-0.25, -0.2) is 0 Å². The highest BCUT2D eigenvalue weighted by Crippen LogP contribution is 2.65. The predicted molar refractivity (Wildman–Crippen MR) is 402 cm³/mol. The lowest BCUT2D eigenvalue weighted by Gasteiger charge is -2.48. The van der Waals surface area contributed by atoms with Crippen molar-refractivity contribution in [2.45, 2.75) is 153 Å². The van der Waals surface area contributed by atoms with E-state index in [1.807, 2.05) is 77.6 Å². The van der Waals surface area contributed by atoms with Gasteiger partial charge in [-0.3, -0.25) is 34.1 Å². The minimum absolute atomic E-state index is 0.0397. The van der Waals surface area contributed by atoms with Crippen molar-refractivity contribution < 1.29 is 47.6 Å². The SMILES string of the molecule is CNCC1CC(=O)C2=C(C1)O[C@@H]1C(=C2)C=C[C@@]2(C)[C@H]1C[C@@H](OC)[C@@H]2c1cccc2cnccc12.CNCC1CC(=O)C2=C(C1)O[C@@H]1C(=C2)CC[C@@]2(C)[C@H]1C[C@@H](OC)[C@@H]2c1cccc2cnccc12.CO[C@@H]1C[C@H]2[C@@H]3OC4=C(C=C3C=C[C@]2(C)[C@H]1c1ccc2ccncc2c1)C(=O)CC(CNC(C)=O)C4. The van der Waals surface area contributed by atoms with Crippen LogP contribution in [-0.2, 0) is 47.6 Å². The Morgan fingerprint density at radius 1 is 0.519 bits per heavy atom. The number of hydrogen-bond donors (Lipinski definition) is 3. The molecule has 4 saturated carbocycles. The molecule has 1 amide bonds. The van der Waals surface area contributed by atoms with E-state index in [0.29, 0.717) is 61.5 Å². The number of methoxy groups -OCH3 is 3. The lowest BCUT2D eigenvalue weighted by molar-refractivity contribution is -0.120. The highest BCUT2D eigenvalue weighted by Gasteiger charge is 2.62. The van der Waals surface area contributed by atoms with Crippen LogP contribution in [0.25, 0.3) is 32.3 Å². The number of nitrogens with one attached hydrogen (secondary N) is 3. The van der Waals surface area contributed by atoms with Crippen LogP contribution in [-0.4, -0.2) is 130 Å². The minimum atomic E-state index is -0.162. The van der Waals surface area contributed by atoms with Crippen LogP contribution in [0.3, 0.4) is 0 Å². The van der Waals surface area contributed by atoms with Gasteiger partial charge in [0.05, 0.1) is 35.0 Å². The zero-order valence-corrected chi connectivity index (χ0v) is 61.4. The highest BCUT2D eigenvalue weighted by molar-refractivity contribution is 6.01. The predicted octanol–water partition coefficient (Wildman–Crippen LogP) is 14.3. The fourth-order valence-electron chi connectivity index (χ4n) is 21.4. The first-order chi connectivity index (χ1) is 50.4. The number of nitrogens with zero attached hydrogens (tertiary/aromatic N) is 3. The molecule has 16 heteroatoms. The number of Topliss-reactive ketones (excluding diaryl/α,β-unsaturated/α-hetero) is 3. The molecule has 3 N–H and O–H groups in total. The molecule has 104 heavy (non-hydrogen) atoms. The van der Waals surface area contributed by atoms with Crippen LogP contribution in [0, 0.1) is 51.8 Å². The normalized spacial score (nSPS) is 34.0. The molecular formula is C88H98N6O10. The van der Waals surface area contributed by atoms with E-state index in [0.717, 1.165) is 108 Å². The summed E-state index contributed by atoms with van der Waals surface area (Å²) < 4.78 is 38.6. The van der Waals surface area contributed by atoms with Crippen molar-refractivity contribution in [3.05, 3.63) is 220 Å². The number of pyridine rings is 3. The molecule has 3 unspecified atom stereocenters. The molecule has 0 spiro atoms. The maximum absolute atomic E-state index is 12.9. The lowest BCUT2D eigenvalue weighted by atomic mass is 9.60. The summed E-state index contributed by atoms with van der Waals surface area (Å²) in [6.45, 7) is 10.8. The summed E-state index contributed by atoms with van der Waals surface area (Å²) in [7, 11) is 9.38. The van der Waals surface area contributed by atoms with E-state index < -0.39 is 0 Å². The van der Waals surface area contributed by atoms with E-state index in [1.54, 1.807) is 7.11 Å². The molecule has 6 heterocycles. The highest BCUT2D eigenvalue weighted by atomic mass is 16.5. The Kier molecular flexibility index (Phi) is 18.9. The number of allylic oxidation sites excluding steroid dienone is 11. The van der Waals surface area contributed by atoms with Gasteiger partial charge in [0.1, 0.15) is 35.6 Å². The lowest BCUT2D eigenvalue weighted by Crippen LogP contribution is -2.44. The summed E-state index contributed by atoms with van der Waals surface area (Å²) in [4.78, 5) is 63.1. The first-order valence-electron chi connectivity index (χ1n) is 37.9. The van der Waals surface area contributed by atoms with Crippen molar-refractivity contribution >= 4 is 55.6 Å². The Bertz CT molecular complexity index is 4700. The summed E-state index contributed by atoms with van der Waals surface area (Å²) in [5.41, 5.74) is 9.52. The Morgan fingerprint density at radius 3 is 1.53 bits per heavy atom. The fraction of sp³-hybridized carbons (Fsp3) is 0.466. The number of ether oxygens (including phenoxy) is 6. The number of fused-ring (bicyclic) bond motifs is 12. The zero-order chi connectivity index (χ0) is 71.9. The van der Waals surface area contributed by atoms with Crippen LogP contribution < -0.4 is 16.0 Å². The van der Waals surface area contributed by atoms with Crippen LogP contribution in [0.2, 0.25) is 0 Å². The summed E-state index contributed by atoms with van der Waals surface area (Å²) in [6, 6.07) is 26.0. The maximum atomic E-state index is 12.9. The van der Waals surface area contributed by atoms with Crippen LogP contribution in [0.1, 0.15) is 133 Å². The largest absolute Gasteiger partial charge is 0.489 e. The summed E-state index contributed by atoms with van der Waals surface area (Å²) >= 11 is 0. The summed E-state index contributed by atoms with van der Waals surface area (Å²) in [5, 5.41) is 16.5. The van der Waals surface area contributed by atoms with E-state index in [2.05, 4.69) is 155 Å². The number of ketones is 3. The molecule has 0 bridgehead atoms. The number of rotatable bonds is 12. The molecule has 12 aliphatic rings. The number of aromatic nitrogens is 3. The smallest absolute Gasteiger partial charge is 0.216 e. The van der Waals surface area contributed by atoms with Crippen molar-refractivity contribution in [1.82, 2.24) is 30.9 Å². The van der Waals surface area contributed by atoms with Crippen molar-refractivity contribution in [1.29, 1.82) is 0 Å². The minimum Gasteiger partial charge on any atom is -0.489 e.